The van der Waals surface area contributed by atoms with Gasteiger partial charge >= 0.3 is 11.9 Å². The number of imide groups is 1. The van der Waals surface area contributed by atoms with Crippen LogP contribution >= 0.6 is 0 Å². The number of nitrogens with zero attached hydrogens (tertiary/aromatic N) is 1. The van der Waals surface area contributed by atoms with Gasteiger partial charge in [-0.2, -0.15) is 0 Å². The number of aliphatic carboxylic acids is 1. The first-order valence-electron chi connectivity index (χ1n) is 12.1. The third-order valence-electron chi connectivity index (χ3n) is 6.04. The Hall–Kier alpha value is -3.85. The van der Waals surface area contributed by atoms with Crippen molar-refractivity contribution in [1.29, 1.82) is 0 Å². The van der Waals surface area contributed by atoms with E-state index in [0.29, 0.717) is 31.4 Å². The molecule has 5 atom stereocenters. The molecule has 39 heavy (non-hydrogen) atoms. The van der Waals surface area contributed by atoms with Crippen molar-refractivity contribution in [2.45, 2.75) is 63.5 Å². The maximum atomic E-state index is 12.0. The first-order valence-corrected chi connectivity index (χ1v) is 12.1. The van der Waals surface area contributed by atoms with Crippen LogP contribution in [-0.4, -0.2) is 98.8 Å². The minimum atomic E-state index is -1.88. The van der Waals surface area contributed by atoms with Crippen molar-refractivity contribution in [1.82, 2.24) is 10.2 Å². The highest BCUT2D eigenvalue weighted by atomic mass is 16.7. The molecular formula is C25H30N2O12. The average molecular weight is 551 g/mol. The molecule has 0 radical (unpaired) electrons. The molecule has 3 rings (SSSR count). The molecule has 0 aliphatic carbocycles. The summed E-state index contributed by atoms with van der Waals surface area (Å²) in [5, 5.41) is 42.1. The number of hydrogen-bond donors (Lipinski definition) is 5. The molecule has 14 nitrogen and oxygen atoms in total. The predicted molar refractivity (Wildman–Crippen MR) is 129 cm³/mol. The first kappa shape index (κ1) is 29.7. The van der Waals surface area contributed by atoms with E-state index in [2.05, 4.69) is 5.32 Å². The number of rotatable bonds is 12. The summed E-state index contributed by atoms with van der Waals surface area (Å²) in [7, 11) is 0. The molecule has 1 aromatic rings. The molecular weight excluding hydrogens is 520 g/mol. The SMILES string of the molecule is CC(=O)OCc1ccc(CCCCNC(=O)CN2C(=O)C=CC2=O)cc1O[C@@H]1O[C@H](C(=O)O)[C@@H](O)[C@H](O)[C@H]1O. The second kappa shape index (κ2) is 13.3. The zero-order chi connectivity index (χ0) is 28.7. The zero-order valence-corrected chi connectivity index (χ0v) is 21.0. The number of carboxylic acid groups (broad SMARTS) is 1. The number of aryl methyl sites for hydroxylation is 1. The number of carbonyl (C=O) groups is 5. The molecule has 0 unspecified atom stereocenters. The summed E-state index contributed by atoms with van der Waals surface area (Å²) in [5.74, 6) is -3.56. The number of ether oxygens (including phenoxy) is 3. The van der Waals surface area contributed by atoms with Gasteiger partial charge in [0.25, 0.3) is 11.8 Å². The molecule has 2 heterocycles. The van der Waals surface area contributed by atoms with Gasteiger partial charge in [-0.05, 0) is 30.9 Å². The maximum Gasteiger partial charge on any atom is 0.335 e. The molecule has 5 N–H and O–H groups in total. The van der Waals surface area contributed by atoms with Gasteiger partial charge in [-0.15, -0.1) is 0 Å². The quantitative estimate of drug-likeness (QED) is 0.113. The van der Waals surface area contributed by atoms with Gasteiger partial charge in [0.15, 0.2) is 6.10 Å². The van der Waals surface area contributed by atoms with E-state index in [4.69, 9.17) is 14.2 Å². The Morgan fingerprint density at radius 2 is 1.72 bits per heavy atom. The van der Waals surface area contributed by atoms with Crippen LogP contribution in [0.2, 0.25) is 0 Å². The number of nitrogens with one attached hydrogen (secondary N) is 1. The number of carboxylic acids is 1. The summed E-state index contributed by atoms with van der Waals surface area (Å²) in [6.45, 7) is 0.966. The van der Waals surface area contributed by atoms with Gasteiger partial charge in [0, 0.05) is 31.2 Å². The van der Waals surface area contributed by atoms with Crippen molar-refractivity contribution >= 4 is 29.7 Å². The predicted octanol–water partition coefficient (Wildman–Crippen LogP) is -1.62. The molecule has 14 heteroatoms. The largest absolute Gasteiger partial charge is 0.479 e. The lowest BCUT2D eigenvalue weighted by Gasteiger charge is -2.38. The van der Waals surface area contributed by atoms with Crippen LogP contribution < -0.4 is 10.1 Å². The molecule has 0 aromatic heterocycles. The lowest BCUT2D eigenvalue weighted by Crippen LogP contribution is -2.61. The Kier molecular flexibility index (Phi) is 10.1. The Labute approximate surface area is 222 Å². The van der Waals surface area contributed by atoms with E-state index in [0.717, 1.165) is 22.6 Å². The van der Waals surface area contributed by atoms with E-state index in [9.17, 15) is 44.4 Å². The highest BCUT2D eigenvalue weighted by Crippen LogP contribution is 2.29. The van der Waals surface area contributed by atoms with Crippen LogP contribution in [0.4, 0.5) is 0 Å². The van der Waals surface area contributed by atoms with E-state index in [1.807, 2.05) is 0 Å². The fraction of sp³-hybridized carbons (Fsp3) is 0.480. The standard InChI is InChI=1S/C25H30N2O12/c1-13(28)37-12-15-6-5-14(4-2-3-9-26-17(29)11-27-18(30)7-8-19(27)31)10-16(15)38-25-22(34)20(32)21(33)23(39-25)24(35)36/h5-8,10,20-23,25,32-34H,2-4,9,11-12H2,1H3,(H,26,29)(H,35,36)/t20-,21-,22+,23-,25+/m0/s1. The van der Waals surface area contributed by atoms with Gasteiger partial charge in [-0.25, -0.2) is 4.79 Å². The molecule has 2 aliphatic rings. The van der Waals surface area contributed by atoms with Gasteiger partial charge in [-0.3, -0.25) is 24.1 Å². The minimum Gasteiger partial charge on any atom is -0.479 e. The number of unbranched alkanes of at least 4 members (excludes halogenated alkanes) is 1. The van der Waals surface area contributed by atoms with Crippen LogP contribution in [0.25, 0.3) is 0 Å². The molecule has 0 saturated carbocycles. The van der Waals surface area contributed by atoms with Crippen LogP contribution in [0.3, 0.4) is 0 Å². The summed E-state index contributed by atoms with van der Waals surface area (Å²) in [5.41, 5.74) is 1.13. The van der Waals surface area contributed by atoms with Crippen LogP contribution in [0.15, 0.2) is 30.4 Å². The summed E-state index contributed by atoms with van der Waals surface area (Å²) in [6.07, 6.45) is -5.10. The second-order valence-electron chi connectivity index (χ2n) is 8.98. The Morgan fingerprint density at radius 1 is 1.03 bits per heavy atom. The lowest BCUT2D eigenvalue weighted by molar-refractivity contribution is -0.271. The maximum absolute atomic E-state index is 12.0. The van der Waals surface area contributed by atoms with E-state index >= 15 is 0 Å². The summed E-state index contributed by atoms with van der Waals surface area (Å²) in [6, 6.07) is 4.94. The topological polar surface area (TPSA) is 209 Å². The van der Waals surface area contributed by atoms with Crippen molar-refractivity contribution < 1.29 is 58.6 Å². The third-order valence-corrected chi connectivity index (χ3v) is 6.04. The number of esters is 1. The lowest BCUT2D eigenvalue weighted by atomic mass is 9.99. The fourth-order valence-electron chi connectivity index (χ4n) is 3.91. The molecule has 1 saturated heterocycles. The average Bonchev–Trinajstić information content (AvgIpc) is 3.20. The number of carbonyl (C=O) groups excluding carboxylic acids is 4. The van der Waals surface area contributed by atoms with Crippen molar-refractivity contribution in [3.63, 3.8) is 0 Å². The number of benzene rings is 1. The molecule has 0 bridgehead atoms. The minimum absolute atomic E-state index is 0.104. The van der Waals surface area contributed by atoms with Crippen molar-refractivity contribution in [2.24, 2.45) is 0 Å². The number of hydrogen-bond acceptors (Lipinski definition) is 11. The van der Waals surface area contributed by atoms with Crippen LogP contribution in [-0.2, 0) is 46.5 Å². The highest BCUT2D eigenvalue weighted by molar-refractivity contribution is 6.14. The monoisotopic (exact) mass is 550 g/mol. The van der Waals surface area contributed by atoms with Crippen molar-refractivity contribution in [3.8, 4) is 5.75 Å². The van der Waals surface area contributed by atoms with Crippen LogP contribution in [0.5, 0.6) is 5.75 Å². The molecule has 3 amide bonds. The zero-order valence-electron chi connectivity index (χ0n) is 21.0. The van der Waals surface area contributed by atoms with Crippen molar-refractivity contribution in [2.75, 3.05) is 13.1 Å². The van der Waals surface area contributed by atoms with Crippen LogP contribution in [0.1, 0.15) is 30.9 Å². The second-order valence-corrected chi connectivity index (χ2v) is 8.98. The Morgan fingerprint density at radius 3 is 2.36 bits per heavy atom. The highest BCUT2D eigenvalue weighted by Gasteiger charge is 2.48. The van der Waals surface area contributed by atoms with Gasteiger partial charge in [0.05, 0.1) is 0 Å². The normalized spacial score (nSPS) is 24.5. The molecule has 1 aromatic carbocycles. The molecule has 2 aliphatic heterocycles. The van der Waals surface area contributed by atoms with Crippen LogP contribution in [0, 0.1) is 0 Å². The molecule has 1 fully saturated rings. The summed E-state index contributed by atoms with van der Waals surface area (Å²) in [4.78, 5) is 58.6. The number of aliphatic hydroxyl groups excluding tert-OH is 3. The Balaban J connectivity index is 1.59. The van der Waals surface area contributed by atoms with E-state index < -0.39 is 60.4 Å². The van der Waals surface area contributed by atoms with Gasteiger partial charge < -0.3 is 40.0 Å². The fourth-order valence-corrected chi connectivity index (χ4v) is 3.91. The van der Waals surface area contributed by atoms with E-state index in [-0.39, 0.29) is 18.9 Å². The van der Waals surface area contributed by atoms with Gasteiger partial charge in [0.1, 0.15) is 37.2 Å². The van der Waals surface area contributed by atoms with Gasteiger partial charge in [-0.1, -0.05) is 12.1 Å². The Bertz CT molecular complexity index is 1120. The summed E-state index contributed by atoms with van der Waals surface area (Å²) < 4.78 is 15.9. The summed E-state index contributed by atoms with van der Waals surface area (Å²) >= 11 is 0. The smallest absolute Gasteiger partial charge is 0.335 e. The number of amides is 3. The third kappa shape index (κ3) is 7.83. The van der Waals surface area contributed by atoms with E-state index in [1.54, 1.807) is 18.2 Å². The van der Waals surface area contributed by atoms with E-state index in [1.165, 1.54) is 6.92 Å². The van der Waals surface area contributed by atoms with Gasteiger partial charge in [0.2, 0.25) is 12.2 Å². The molecule has 212 valence electrons. The van der Waals surface area contributed by atoms with Crippen molar-refractivity contribution in [3.05, 3.63) is 41.5 Å². The molecule has 0 spiro atoms. The first-order chi connectivity index (χ1) is 18.5. The number of aliphatic hydroxyl groups is 3.